The van der Waals surface area contributed by atoms with E-state index in [0.29, 0.717) is 5.75 Å². The number of carboxylic acid groups (broad SMARTS) is 1. The summed E-state index contributed by atoms with van der Waals surface area (Å²) >= 11 is 3.41. The number of hydrogen-bond donors (Lipinski definition) is 1. The lowest BCUT2D eigenvalue weighted by Gasteiger charge is -2.14. The van der Waals surface area contributed by atoms with Crippen LogP contribution in [-0.2, 0) is 0 Å². The van der Waals surface area contributed by atoms with Crippen LogP contribution in [0.15, 0.2) is 34.9 Å². The molecule has 0 unspecified atom stereocenters. The Morgan fingerprint density at radius 3 is 2.75 bits per heavy atom. The smallest absolute Gasteiger partial charge is 0.341 e. The molecular formula is C14H13BrN2O3. The van der Waals surface area contributed by atoms with Gasteiger partial charge in [-0.25, -0.2) is 4.79 Å². The molecule has 0 saturated heterocycles. The molecule has 0 bridgehead atoms. The molecule has 1 N–H and O–H groups in total. The first-order valence-electron chi connectivity index (χ1n) is 6.01. The van der Waals surface area contributed by atoms with Crippen molar-refractivity contribution in [3.63, 3.8) is 0 Å². The molecule has 2 aromatic rings. The summed E-state index contributed by atoms with van der Waals surface area (Å²) in [6.07, 6.45) is 1.32. The predicted molar refractivity (Wildman–Crippen MR) is 77.3 cm³/mol. The Labute approximate surface area is 124 Å². The highest BCUT2D eigenvalue weighted by Gasteiger charge is 2.16. The Morgan fingerprint density at radius 1 is 1.35 bits per heavy atom. The van der Waals surface area contributed by atoms with E-state index in [-0.39, 0.29) is 17.4 Å². The van der Waals surface area contributed by atoms with Crippen LogP contribution in [0.4, 0.5) is 0 Å². The molecule has 0 aliphatic rings. The number of aromatic nitrogens is 2. The second-order valence-corrected chi connectivity index (χ2v) is 5.41. The van der Waals surface area contributed by atoms with Gasteiger partial charge >= 0.3 is 5.97 Å². The van der Waals surface area contributed by atoms with Gasteiger partial charge in [-0.3, -0.25) is 0 Å². The quantitative estimate of drug-likeness (QED) is 0.917. The van der Waals surface area contributed by atoms with Crippen LogP contribution in [0.25, 0.3) is 0 Å². The fraction of sp³-hybridized carbons (Fsp3) is 0.214. The van der Waals surface area contributed by atoms with Crippen LogP contribution in [0, 0.1) is 0 Å². The van der Waals surface area contributed by atoms with Crippen molar-refractivity contribution in [2.24, 2.45) is 0 Å². The molecule has 0 saturated carbocycles. The van der Waals surface area contributed by atoms with Crippen molar-refractivity contribution in [1.29, 1.82) is 0 Å². The molecule has 5 nitrogen and oxygen atoms in total. The molecular weight excluding hydrogens is 324 g/mol. The normalized spacial score (nSPS) is 10.6. The van der Waals surface area contributed by atoms with Crippen molar-refractivity contribution in [1.82, 2.24) is 10.2 Å². The fourth-order valence-corrected chi connectivity index (χ4v) is 2.10. The zero-order valence-electron chi connectivity index (χ0n) is 11.0. The second kappa shape index (κ2) is 6.00. The third-order valence-corrected chi connectivity index (χ3v) is 3.21. The van der Waals surface area contributed by atoms with Gasteiger partial charge in [0.2, 0.25) is 0 Å². The molecule has 0 radical (unpaired) electrons. The van der Waals surface area contributed by atoms with Crippen molar-refractivity contribution in [2.45, 2.75) is 19.8 Å². The zero-order valence-corrected chi connectivity index (χ0v) is 12.6. The number of carboxylic acids is 1. The van der Waals surface area contributed by atoms with E-state index in [0.717, 1.165) is 10.0 Å². The summed E-state index contributed by atoms with van der Waals surface area (Å²) in [7, 11) is 0. The van der Waals surface area contributed by atoms with Gasteiger partial charge in [-0.2, -0.15) is 5.10 Å². The lowest BCUT2D eigenvalue weighted by Crippen LogP contribution is -2.04. The molecule has 0 aliphatic heterocycles. The molecule has 104 valence electrons. The first kappa shape index (κ1) is 14.5. The summed E-state index contributed by atoms with van der Waals surface area (Å²) in [5.41, 5.74) is 0.944. The average Bonchev–Trinajstić information content (AvgIpc) is 2.41. The van der Waals surface area contributed by atoms with Crippen molar-refractivity contribution in [3.05, 3.63) is 46.1 Å². The summed E-state index contributed by atoms with van der Waals surface area (Å²) in [5.74, 6) is -0.305. The number of carbonyl (C=O) groups is 1. The lowest BCUT2D eigenvalue weighted by molar-refractivity contribution is 0.0693. The third-order valence-electron chi connectivity index (χ3n) is 2.72. The standard InChI is InChI=1S/C14H13BrN2O3/c1-8(2)11-7-9(15)3-4-12(11)20-13-10(14(18)19)5-6-16-17-13/h3-8H,1-2H3,(H,18,19). The molecule has 0 aliphatic carbocycles. The molecule has 2 rings (SSSR count). The van der Waals surface area contributed by atoms with Gasteiger partial charge in [0.25, 0.3) is 5.88 Å². The van der Waals surface area contributed by atoms with Crippen molar-refractivity contribution in [2.75, 3.05) is 0 Å². The Bertz CT molecular complexity index is 644. The van der Waals surface area contributed by atoms with E-state index >= 15 is 0 Å². The molecule has 1 heterocycles. The Balaban J connectivity index is 2.43. The van der Waals surface area contributed by atoms with Gasteiger partial charge in [0.05, 0.1) is 6.20 Å². The van der Waals surface area contributed by atoms with Crippen LogP contribution in [0.2, 0.25) is 0 Å². The number of benzene rings is 1. The van der Waals surface area contributed by atoms with E-state index in [9.17, 15) is 4.79 Å². The Hall–Kier alpha value is -1.95. The minimum Gasteiger partial charge on any atom is -0.477 e. The van der Waals surface area contributed by atoms with Crippen LogP contribution in [0.5, 0.6) is 11.6 Å². The van der Waals surface area contributed by atoms with Crippen LogP contribution >= 0.6 is 15.9 Å². The van der Waals surface area contributed by atoms with E-state index in [1.807, 2.05) is 26.0 Å². The van der Waals surface area contributed by atoms with Crippen molar-refractivity contribution < 1.29 is 14.6 Å². The number of hydrogen-bond acceptors (Lipinski definition) is 4. The lowest BCUT2D eigenvalue weighted by atomic mass is 10.0. The first-order chi connectivity index (χ1) is 9.49. The summed E-state index contributed by atoms with van der Waals surface area (Å²) in [4.78, 5) is 11.1. The number of ether oxygens (including phenoxy) is 1. The maximum absolute atomic E-state index is 11.1. The number of rotatable bonds is 4. The topological polar surface area (TPSA) is 72.3 Å². The van der Waals surface area contributed by atoms with E-state index in [1.54, 1.807) is 6.07 Å². The minimum atomic E-state index is -1.10. The highest BCUT2D eigenvalue weighted by Crippen LogP contribution is 2.33. The number of aromatic carboxylic acids is 1. The van der Waals surface area contributed by atoms with Gasteiger partial charge in [-0.15, -0.1) is 5.10 Å². The fourth-order valence-electron chi connectivity index (χ4n) is 1.72. The largest absolute Gasteiger partial charge is 0.477 e. The Morgan fingerprint density at radius 2 is 2.10 bits per heavy atom. The van der Waals surface area contributed by atoms with E-state index in [2.05, 4.69) is 26.1 Å². The molecule has 0 spiro atoms. The van der Waals surface area contributed by atoms with Gasteiger partial charge < -0.3 is 9.84 Å². The van der Waals surface area contributed by atoms with Gasteiger partial charge in [0, 0.05) is 4.47 Å². The van der Waals surface area contributed by atoms with Gasteiger partial charge in [-0.1, -0.05) is 29.8 Å². The first-order valence-corrected chi connectivity index (χ1v) is 6.80. The third kappa shape index (κ3) is 3.14. The molecule has 0 amide bonds. The van der Waals surface area contributed by atoms with E-state index in [1.165, 1.54) is 12.3 Å². The van der Waals surface area contributed by atoms with Gasteiger partial charge in [0.15, 0.2) is 0 Å². The van der Waals surface area contributed by atoms with E-state index < -0.39 is 5.97 Å². The number of halogens is 1. The highest BCUT2D eigenvalue weighted by molar-refractivity contribution is 9.10. The van der Waals surface area contributed by atoms with Crippen LogP contribution in [0.1, 0.15) is 35.7 Å². The predicted octanol–water partition coefficient (Wildman–Crippen LogP) is 3.85. The van der Waals surface area contributed by atoms with Crippen molar-refractivity contribution in [3.8, 4) is 11.6 Å². The van der Waals surface area contributed by atoms with Crippen LogP contribution < -0.4 is 4.74 Å². The summed E-state index contributed by atoms with van der Waals surface area (Å²) in [6.45, 7) is 4.06. The summed E-state index contributed by atoms with van der Waals surface area (Å²) in [5, 5.41) is 16.5. The number of nitrogens with zero attached hydrogens (tertiary/aromatic N) is 2. The zero-order chi connectivity index (χ0) is 14.7. The molecule has 1 aromatic heterocycles. The highest BCUT2D eigenvalue weighted by atomic mass is 79.9. The van der Waals surface area contributed by atoms with E-state index in [4.69, 9.17) is 9.84 Å². The monoisotopic (exact) mass is 336 g/mol. The molecule has 0 fully saturated rings. The maximum atomic E-state index is 11.1. The molecule has 0 atom stereocenters. The minimum absolute atomic E-state index is 0.00998. The summed E-state index contributed by atoms with van der Waals surface area (Å²) in [6, 6.07) is 6.91. The Kier molecular flexibility index (Phi) is 4.34. The van der Waals surface area contributed by atoms with Crippen molar-refractivity contribution >= 4 is 21.9 Å². The van der Waals surface area contributed by atoms with Gasteiger partial charge in [-0.05, 0) is 35.7 Å². The summed E-state index contributed by atoms with van der Waals surface area (Å²) < 4.78 is 6.58. The average molecular weight is 337 g/mol. The van der Waals surface area contributed by atoms with Gasteiger partial charge in [0.1, 0.15) is 11.3 Å². The molecule has 6 heteroatoms. The van der Waals surface area contributed by atoms with Crippen LogP contribution in [0.3, 0.4) is 0 Å². The maximum Gasteiger partial charge on any atom is 0.341 e. The SMILES string of the molecule is CC(C)c1cc(Br)ccc1Oc1nnccc1C(=O)O. The van der Waals surface area contributed by atoms with Crippen LogP contribution in [-0.4, -0.2) is 21.3 Å². The second-order valence-electron chi connectivity index (χ2n) is 4.49. The molecule has 1 aromatic carbocycles. The molecule has 20 heavy (non-hydrogen) atoms.